The minimum atomic E-state index is 0.157. The summed E-state index contributed by atoms with van der Waals surface area (Å²) in [6, 6.07) is 21.2. The second kappa shape index (κ2) is 6.53. The van der Waals surface area contributed by atoms with E-state index in [9.17, 15) is 0 Å². The van der Waals surface area contributed by atoms with Gasteiger partial charge in [0.1, 0.15) is 0 Å². The van der Waals surface area contributed by atoms with Gasteiger partial charge in [-0.3, -0.25) is 0 Å². The van der Waals surface area contributed by atoms with Crippen molar-refractivity contribution in [3.8, 4) is 0 Å². The Morgan fingerprint density at radius 1 is 0.684 bits per heavy atom. The number of rotatable bonds is 5. The first kappa shape index (κ1) is 13.8. The minimum absolute atomic E-state index is 0.157. The number of benzene rings is 2. The summed E-state index contributed by atoms with van der Waals surface area (Å²) in [5, 5.41) is 0. The normalized spacial score (nSPS) is 12.9. The van der Waals surface area contributed by atoms with Gasteiger partial charge in [0, 0.05) is 5.92 Å². The molecule has 2 aromatic carbocycles. The molecule has 0 spiro atoms. The number of ether oxygens (including phenoxy) is 1. The van der Waals surface area contributed by atoms with Gasteiger partial charge in [0.2, 0.25) is 0 Å². The Morgan fingerprint density at radius 2 is 1.11 bits per heavy atom. The minimum Gasteiger partial charge on any atom is -0.375 e. The molecular weight excluding hydrogens is 232 g/mol. The smallest absolute Gasteiger partial charge is 0.0659 e. The highest BCUT2D eigenvalue weighted by Gasteiger charge is 2.22. The topological polar surface area (TPSA) is 9.23 Å². The van der Waals surface area contributed by atoms with Gasteiger partial charge in [-0.15, -0.1) is 0 Å². The van der Waals surface area contributed by atoms with Crippen molar-refractivity contribution < 1.29 is 4.74 Å². The summed E-state index contributed by atoms with van der Waals surface area (Å²) in [5.41, 5.74) is 2.61. The first-order valence-electron chi connectivity index (χ1n) is 6.94. The number of hydrogen-bond donors (Lipinski definition) is 0. The lowest BCUT2D eigenvalue weighted by atomic mass is 9.87. The number of hydrogen-bond acceptors (Lipinski definition) is 1. The predicted octanol–water partition coefficient (Wildman–Crippen LogP) is 4.63. The van der Waals surface area contributed by atoms with Crippen molar-refractivity contribution in [2.24, 2.45) is 0 Å². The average molecular weight is 254 g/mol. The summed E-state index contributed by atoms with van der Waals surface area (Å²) < 4.78 is 6.02. The Balaban J connectivity index is 2.34. The standard InChI is InChI=1S/C18H22O/c1-14(2)19-15(3)18(16-10-6-4-7-11-16)17-12-8-5-9-13-17/h4-15,18H,1-3H3/t15-/m0/s1. The molecule has 0 aromatic heterocycles. The highest BCUT2D eigenvalue weighted by molar-refractivity contribution is 5.33. The van der Waals surface area contributed by atoms with Crippen molar-refractivity contribution in [3.63, 3.8) is 0 Å². The first-order valence-corrected chi connectivity index (χ1v) is 6.94. The summed E-state index contributed by atoms with van der Waals surface area (Å²) in [5.74, 6) is 0.282. The zero-order chi connectivity index (χ0) is 13.7. The lowest BCUT2D eigenvalue weighted by molar-refractivity contribution is 0.0100. The van der Waals surface area contributed by atoms with Crippen LogP contribution in [-0.4, -0.2) is 12.2 Å². The molecule has 1 nitrogen and oxygen atoms in total. The molecule has 1 heteroatoms. The highest BCUT2D eigenvalue weighted by Crippen LogP contribution is 2.30. The Hall–Kier alpha value is -1.60. The molecule has 2 rings (SSSR count). The third-order valence-corrected chi connectivity index (χ3v) is 3.27. The van der Waals surface area contributed by atoms with Crippen LogP contribution in [0.3, 0.4) is 0 Å². The van der Waals surface area contributed by atoms with E-state index in [4.69, 9.17) is 4.74 Å². The summed E-state index contributed by atoms with van der Waals surface area (Å²) in [7, 11) is 0. The van der Waals surface area contributed by atoms with Gasteiger partial charge in [0.15, 0.2) is 0 Å². The van der Waals surface area contributed by atoms with Crippen molar-refractivity contribution in [1.82, 2.24) is 0 Å². The lowest BCUT2D eigenvalue weighted by Crippen LogP contribution is -2.23. The van der Waals surface area contributed by atoms with E-state index in [1.165, 1.54) is 11.1 Å². The summed E-state index contributed by atoms with van der Waals surface area (Å²) in [6.45, 7) is 6.33. The van der Waals surface area contributed by atoms with Gasteiger partial charge in [-0.25, -0.2) is 0 Å². The predicted molar refractivity (Wildman–Crippen MR) is 80.4 cm³/mol. The van der Waals surface area contributed by atoms with Crippen LogP contribution in [0.4, 0.5) is 0 Å². The lowest BCUT2D eigenvalue weighted by Gasteiger charge is -2.27. The molecular formula is C18H22O. The van der Waals surface area contributed by atoms with Crippen LogP contribution < -0.4 is 0 Å². The van der Waals surface area contributed by atoms with Gasteiger partial charge in [0.25, 0.3) is 0 Å². The van der Waals surface area contributed by atoms with Crippen LogP contribution in [-0.2, 0) is 4.74 Å². The van der Waals surface area contributed by atoms with E-state index in [1.807, 2.05) is 0 Å². The maximum Gasteiger partial charge on any atom is 0.0659 e. The van der Waals surface area contributed by atoms with E-state index in [1.54, 1.807) is 0 Å². The van der Waals surface area contributed by atoms with Crippen LogP contribution >= 0.6 is 0 Å². The summed E-state index contributed by atoms with van der Waals surface area (Å²) >= 11 is 0. The molecule has 0 saturated heterocycles. The molecule has 0 unspecified atom stereocenters. The Labute approximate surface area is 116 Å². The van der Waals surface area contributed by atoms with Crippen molar-refractivity contribution in [2.45, 2.75) is 38.9 Å². The molecule has 0 aliphatic carbocycles. The van der Waals surface area contributed by atoms with Crippen LogP contribution in [0.1, 0.15) is 37.8 Å². The molecule has 0 N–H and O–H groups in total. The largest absolute Gasteiger partial charge is 0.375 e. The molecule has 0 aliphatic heterocycles. The third-order valence-electron chi connectivity index (χ3n) is 3.27. The van der Waals surface area contributed by atoms with E-state index < -0.39 is 0 Å². The van der Waals surface area contributed by atoms with E-state index in [2.05, 4.69) is 81.4 Å². The SMILES string of the molecule is CC(C)O[C@@H](C)C(c1ccccc1)c1ccccc1. The maximum atomic E-state index is 6.02. The van der Waals surface area contributed by atoms with Crippen molar-refractivity contribution in [3.05, 3.63) is 71.8 Å². The van der Waals surface area contributed by atoms with E-state index in [-0.39, 0.29) is 18.1 Å². The molecule has 100 valence electrons. The Morgan fingerprint density at radius 3 is 1.47 bits per heavy atom. The molecule has 0 amide bonds. The van der Waals surface area contributed by atoms with E-state index >= 15 is 0 Å². The molecule has 0 heterocycles. The van der Waals surface area contributed by atoms with Gasteiger partial charge in [-0.2, -0.15) is 0 Å². The molecule has 2 aromatic rings. The first-order chi connectivity index (χ1) is 9.18. The van der Waals surface area contributed by atoms with Gasteiger partial charge in [-0.1, -0.05) is 60.7 Å². The third kappa shape index (κ3) is 3.68. The molecule has 0 radical (unpaired) electrons. The van der Waals surface area contributed by atoms with Gasteiger partial charge >= 0.3 is 0 Å². The van der Waals surface area contributed by atoms with Gasteiger partial charge in [-0.05, 0) is 31.9 Å². The monoisotopic (exact) mass is 254 g/mol. The summed E-state index contributed by atoms with van der Waals surface area (Å²) in [6.07, 6.45) is 0.398. The second-order valence-corrected chi connectivity index (χ2v) is 5.19. The Bertz CT molecular complexity index is 436. The Kier molecular flexibility index (Phi) is 4.75. The summed E-state index contributed by atoms with van der Waals surface area (Å²) in [4.78, 5) is 0. The van der Waals surface area contributed by atoms with Crippen molar-refractivity contribution in [2.75, 3.05) is 0 Å². The zero-order valence-corrected chi connectivity index (χ0v) is 11.9. The van der Waals surface area contributed by atoms with E-state index in [0.717, 1.165) is 0 Å². The molecule has 0 aliphatic rings. The quantitative estimate of drug-likeness (QED) is 0.755. The highest BCUT2D eigenvalue weighted by atomic mass is 16.5. The van der Waals surface area contributed by atoms with Crippen LogP contribution in [0.25, 0.3) is 0 Å². The zero-order valence-electron chi connectivity index (χ0n) is 11.9. The van der Waals surface area contributed by atoms with Crippen molar-refractivity contribution >= 4 is 0 Å². The fourth-order valence-corrected chi connectivity index (χ4v) is 2.56. The average Bonchev–Trinajstić information content (AvgIpc) is 2.40. The fourth-order valence-electron chi connectivity index (χ4n) is 2.56. The molecule has 0 bridgehead atoms. The van der Waals surface area contributed by atoms with Gasteiger partial charge in [0.05, 0.1) is 12.2 Å². The molecule has 0 saturated carbocycles. The van der Waals surface area contributed by atoms with Crippen molar-refractivity contribution in [1.29, 1.82) is 0 Å². The van der Waals surface area contributed by atoms with Crippen LogP contribution in [0.5, 0.6) is 0 Å². The van der Waals surface area contributed by atoms with Crippen LogP contribution in [0.15, 0.2) is 60.7 Å². The van der Waals surface area contributed by atoms with Crippen LogP contribution in [0.2, 0.25) is 0 Å². The fraction of sp³-hybridized carbons (Fsp3) is 0.333. The van der Waals surface area contributed by atoms with Crippen LogP contribution in [0, 0.1) is 0 Å². The molecule has 19 heavy (non-hydrogen) atoms. The molecule has 1 atom stereocenters. The molecule has 0 fully saturated rings. The van der Waals surface area contributed by atoms with Gasteiger partial charge < -0.3 is 4.74 Å². The van der Waals surface area contributed by atoms with E-state index in [0.29, 0.717) is 0 Å². The maximum absolute atomic E-state index is 6.02. The second-order valence-electron chi connectivity index (χ2n) is 5.19.